The predicted molar refractivity (Wildman–Crippen MR) is 166 cm³/mol. The van der Waals surface area contributed by atoms with E-state index in [2.05, 4.69) is 5.32 Å². The highest BCUT2D eigenvalue weighted by Crippen LogP contribution is 2.25. The monoisotopic (exact) mass is 601 g/mol. The Hall–Kier alpha value is -4.50. The van der Waals surface area contributed by atoms with E-state index >= 15 is 0 Å². The van der Waals surface area contributed by atoms with Gasteiger partial charge < -0.3 is 10.2 Å². The largest absolute Gasteiger partial charge is 0.354 e. The fraction of sp³-hybridized carbons (Fsp3) is 0.235. The van der Waals surface area contributed by atoms with Crippen molar-refractivity contribution in [1.29, 1.82) is 0 Å². The van der Waals surface area contributed by atoms with Crippen molar-refractivity contribution in [3.8, 4) is 0 Å². The zero-order chi connectivity index (χ0) is 30.7. The predicted octanol–water partition coefficient (Wildman–Crippen LogP) is 5.58. The smallest absolute Gasteiger partial charge is 0.264 e. The van der Waals surface area contributed by atoms with Gasteiger partial charge in [0, 0.05) is 25.1 Å². The highest BCUT2D eigenvalue weighted by molar-refractivity contribution is 7.92. The van der Waals surface area contributed by atoms with Crippen LogP contribution < -0.4 is 9.62 Å². The SMILES string of the molecule is CCCCNC(=O)[C@H](Cc1ccccc1)N(Cc1ccccc1F)C(=O)CN(c1ccccc1)S(=O)(=O)c1ccccc1. The molecule has 0 aliphatic heterocycles. The molecule has 2 amide bonds. The molecule has 4 aromatic rings. The van der Waals surface area contributed by atoms with E-state index in [-0.39, 0.29) is 35.0 Å². The third-order valence-corrected chi connectivity index (χ3v) is 8.84. The summed E-state index contributed by atoms with van der Waals surface area (Å²) in [4.78, 5) is 29.3. The van der Waals surface area contributed by atoms with Gasteiger partial charge in [0.15, 0.2) is 0 Å². The lowest BCUT2D eigenvalue weighted by Gasteiger charge is -2.34. The normalized spacial score (nSPS) is 11.9. The molecule has 0 unspecified atom stereocenters. The van der Waals surface area contributed by atoms with Gasteiger partial charge in [0.25, 0.3) is 10.0 Å². The average molecular weight is 602 g/mol. The number of carbonyl (C=O) groups is 2. The van der Waals surface area contributed by atoms with Gasteiger partial charge in [-0.25, -0.2) is 12.8 Å². The number of carbonyl (C=O) groups excluding carboxylic acids is 2. The molecule has 0 saturated heterocycles. The van der Waals surface area contributed by atoms with Gasteiger partial charge in [0.1, 0.15) is 18.4 Å². The number of para-hydroxylation sites is 1. The van der Waals surface area contributed by atoms with E-state index < -0.39 is 34.3 Å². The van der Waals surface area contributed by atoms with Crippen LogP contribution >= 0.6 is 0 Å². The standard InChI is InChI=1S/C34H36FN3O4S/c1-2-3-23-36-34(40)32(24-27-15-7-4-8-16-27)37(25-28-17-13-14-22-31(28)35)33(39)26-38(29-18-9-5-10-19-29)43(41,42)30-20-11-6-12-21-30/h4-22,32H,2-3,23-26H2,1H3,(H,36,40)/t32-/m0/s1. The number of halogens is 1. The maximum atomic E-state index is 14.9. The molecule has 1 N–H and O–H groups in total. The van der Waals surface area contributed by atoms with Crippen molar-refractivity contribution in [1.82, 2.24) is 10.2 Å². The van der Waals surface area contributed by atoms with Crippen LogP contribution in [0.15, 0.2) is 120 Å². The Bertz CT molecular complexity index is 1590. The van der Waals surface area contributed by atoms with Crippen LogP contribution in [0.4, 0.5) is 10.1 Å². The van der Waals surface area contributed by atoms with Crippen LogP contribution in [0.25, 0.3) is 0 Å². The molecule has 0 saturated carbocycles. The van der Waals surface area contributed by atoms with Crippen molar-refractivity contribution in [2.45, 2.75) is 43.7 Å². The Kier molecular flexibility index (Phi) is 11.0. The van der Waals surface area contributed by atoms with Crippen molar-refractivity contribution in [2.24, 2.45) is 0 Å². The summed E-state index contributed by atoms with van der Waals surface area (Å²) in [5.74, 6) is -1.56. The van der Waals surface area contributed by atoms with Crippen molar-refractivity contribution >= 4 is 27.5 Å². The molecular formula is C34H36FN3O4S. The molecule has 0 aliphatic carbocycles. The molecule has 224 valence electrons. The Labute approximate surface area is 253 Å². The third-order valence-electron chi connectivity index (χ3n) is 7.05. The number of unbranched alkanes of at least 4 members (excludes halogenated alkanes) is 1. The zero-order valence-corrected chi connectivity index (χ0v) is 24.9. The van der Waals surface area contributed by atoms with Crippen LogP contribution in [0, 0.1) is 5.82 Å². The molecule has 4 aromatic carbocycles. The summed E-state index contributed by atoms with van der Waals surface area (Å²) >= 11 is 0. The number of nitrogens with zero attached hydrogens (tertiary/aromatic N) is 2. The molecular weight excluding hydrogens is 565 g/mol. The van der Waals surface area contributed by atoms with Crippen molar-refractivity contribution in [3.63, 3.8) is 0 Å². The number of benzene rings is 4. The van der Waals surface area contributed by atoms with Gasteiger partial charge >= 0.3 is 0 Å². The number of rotatable bonds is 14. The minimum Gasteiger partial charge on any atom is -0.354 e. The molecule has 0 radical (unpaired) electrons. The first-order chi connectivity index (χ1) is 20.8. The summed E-state index contributed by atoms with van der Waals surface area (Å²) in [5.41, 5.74) is 1.31. The molecule has 0 heterocycles. The third kappa shape index (κ3) is 8.29. The highest BCUT2D eigenvalue weighted by atomic mass is 32.2. The van der Waals surface area contributed by atoms with Gasteiger partial charge in [-0.15, -0.1) is 0 Å². The number of hydrogen-bond acceptors (Lipinski definition) is 4. The van der Waals surface area contributed by atoms with Gasteiger partial charge in [-0.1, -0.05) is 98.3 Å². The molecule has 0 aliphatic rings. The summed E-state index contributed by atoms with van der Waals surface area (Å²) in [6.07, 6.45) is 1.78. The summed E-state index contributed by atoms with van der Waals surface area (Å²) < 4.78 is 43.8. The first-order valence-electron chi connectivity index (χ1n) is 14.3. The van der Waals surface area contributed by atoms with E-state index in [1.165, 1.54) is 23.1 Å². The van der Waals surface area contributed by atoms with Crippen molar-refractivity contribution in [3.05, 3.63) is 132 Å². The highest BCUT2D eigenvalue weighted by Gasteiger charge is 2.34. The van der Waals surface area contributed by atoms with Gasteiger partial charge in [0.05, 0.1) is 10.6 Å². The maximum absolute atomic E-state index is 14.9. The molecule has 0 spiro atoms. The minimum absolute atomic E-state index is 0.0189. The quantitative estimate of drug-likeness (QED) is 0.191. The van der Waals surface area contributed by atoms with E-state index in [4.69, 9.17) is 0 Å². The lowest BCUT2D eigenvalue weighted by atomic mass is 10.0. The van der Waals surface area contributed by atoms with Crippen LogP contribution in [0.1, 0.15) is 30.9 Å². The van der Waals surface area contributed by atoms with E-state index in [1.54, 1.807) is 66.7 Å². The second-order valence-corrected chi connectivity index (χ2v) is 12.0. The zero-order valence-electron chi connectivity index (χ0n) is 24.1. The van der Waals surface area contributed by atoms with Crippen LogP contribution in [0.5, 0.6) is 0 Å². The fourth-order valence-electron chi connectivity index (χ4n) is 4.71. The van der Waals surface area contributed by atoms with Gasteiger partial charge in [0.2, 0.25) is 11.8 Å². The Balaban J connectivity index is 1.77. The number of anilines is 1. The first kappa shape index (κ1) is 31.4. The van der Waals surface area contributed by atoms with Gasteiger partial charge in [-0.2, -0.15) is 0 Å². The average Bonchev–Trinajstić information content (AvgIpc) is 3.03. The van der Waals surface area contributed by atoms with E-state index in [0.29, 0.717) is 6.54 Å². The fourth-order valence-corrected chi connectivity index (χ4v) is 6.15. The van der Waals surface area contributed by atoms with E-state index in [0.717, 1.165) is 22.7 Å². The number of hydrogen-bond donors (Lipinski definition) is 1. The molecule has 9 heteroatoms. The second kappa shape index (κ2) is 15.1. The molecule has 7 nitrogen and oxygen atoms in total. The number of sulfonamides is 1. The Morgan fingerprint density at radius 1 is 0.814 bits per heavy atom. The van der Waals surface area contributed by atoms with E-state index in [1.807, 2.05) is 37.3 Å². The Morgan fingerprint density at radius 3 is 2.02 bits per heavy atom. The topological polar surface area (TPSA) is 86.8 Å². The minimum atomic E-state index is -4.17. The van der Waals surface area contributed by atoms with Crippen LogP contribution in [0.3, 0.4) is 0 Å². The number of amides is 2. The van der Waals surface area contributed by atoms with E-state index in [9.17, 15) is 22.4 Å². The van der Waals surface area contributed by atoms with Crippen molar-refractivity contribution < 1.29 is 22.4 Å². The lowest BCUT2D eigenvalue weighted by Crippen LogP contribution is -2.53. The summed E-state index contributed by atoms with van der Waals surface area (Å²) in [6.45, 7) is 1.61. The van der Waals surface area contributed by atoms with Gasteiger partial charge in [-0.3, -0.25) is 13.9 Å². The maximum Gasteiger partial charge on any atom is 0.264 e. The molecule has 0 bridgehead atoms. The molecule has 4 rings (SSSR count). The van der Waals surface area contributed by atoms with Crippen molar-refractivity contribution in [2.75, 3.05) is 17.4 Å². The number of nitrogens with one attached hydrogen (secondary N) is 1. The second-order valence-electron chi connectivity index (χ2n) is 10.1. The summed E-state index contributed by atoms with van der Waals surface area (Å²) in [6, 6.07) is 30.5. The van der Waals surface area contributed by atoms with Crippen LogP contribution in [0.2, 0.25) is 0 Å². The molecule has 43 heavy (non-hydrogen) atoms. The molecule has 0 fully saturated rings. The van der Waals surface area contributed by atoms with Crippen LogP contribution in [-0.2, 0) is 32.6 Å². The summed E-state index contributed by atoms with van der Waals surface area (Å²) in [5, 5.41) is 2.92. The molecule has 1 atom stereocenters. The first-order valence-corrected chi connectivity index (χ1v) is 15.7. The van der Waals surface area contributed by atoms with Crippen LogP contribution in [-0.4, -0.2) is 44.3 Å². The lowest BCUT2D eigenvalue weighted by molar-refractivity contribution is -0.140. The Morgan fingerprint density at radius 2 is 1.40 bits per heavy atom. The summed E-state index contributed by atoms with van der Waals surface area (Å²) in [7, 11) is -4.17. The molecule has 0 aromatic heterocycles. The van der Waals surface area contributed by atoms with Gasteiger partial charge in [-0.05, 0) is 42.3 Å².